The lowest BCUT2D eigenvalue weighted by Crippen LogP contribution is -2.21. The Kier molecular flexibility index (Phi) is 4.08. The van der Waals surface area contributed by atoms with Gasteiger partial charge in [-0.3, -0.25) is 0 Å². The van der Waals surface area contributed by atoms with Gasteiger partial charge in [-0.1, -0.05) is 27.7 Å². The largest absolute Gasteiger partial charge is 0.311 e. The van der Waals surface area contributed by atoms with Crippen molar-refractivity contribution < 1.29 is 0 Å². The van der Waals surface area contributed by atoms with Crippen molar-refractivity contribution in [2.45, 2.75) is 39.7 Å². The average Bonchev–Trinajstić information content (AvgIpc) is 2.53. The molecule has 0 aliphatic rings. The van der Waals surface area contributed by atoms with Crippen LogP contribution in [0, 0.1) is 5.92 Å². The third-order valence-corrected chi connectivity index (χ3v) is 3.32. The molecule has 0 radical (unpaired) electrons. The minimum atomic E-state index is 0.396. The molecule has 0 spiro atoms. The lowest BCUT2D eigenvalue weighted by Gasteiger charge is -2.17. The van der Waals surface area contributed by atoms with Crippen LogP contribution in [0.1, 0.15) is 50.4 Å². The van der Waals surface area contributed by atoms with Crippen LogP contribution in [0.25, 0.3) is 0 Å². The van der Waals surface area contributed by atoms with E-state index in [4.69, 9.17) is 0 Å². The Hall–Kier alpha value is -0.410. The number of nitrogens with zero attached hydrogens (tertiary/aromatic N) is 1. The molecule has 1 aromatic heterocycles. The molecule has 1 aromatic rings. The van der Waals surface area contributed by atoms with Crippen LogP contribution in [0.5, 0.6) is 0 Å². The molecule has 0 saturated carbocycles. The van der Waals surface area contributed by atoms with Gasteiger partial charge < -0.3 is 5.32 Å². The Bertz CT molecular complexity index is 279. The minimum absolute atomic E-state index is 0.396. The van der Waals surface area contributed by atoms with Crippen LogP contribution >= 0.6 is 11.3 Å². The number of rotatable bonds is 4. The molecule has 14 heavy (non-hydrogen) atoms. The van der Waals surface area contributed by atoms with E-state index in [-0.39, 0.29) is 0 Å². The zero-order valence-electron chi connectivity index (χ0n) is 9.66. The van der Waals surface area contributed by atoms with Crippen LogP contribution in [0.3, 0.4) is 0 Å². The summed E-state index contributed by atoms with van der Waals surface area (Å²) in [4.78, 5) is 4.66. The monoisotopic (exact) mass is 212 g/mol. The van der Waals surface area contributed by atoms with E-state index >= 15 is 0 Å². The van der Waals surface area contributed by atoms with E-state index in [0.717, 1.165) is 0 Å². The highest BCUT2D eigenvalue weighted by atomic mass is 32.1. The summed E-state index contributed by atoms with van der Waals surface area (Å²) in [5, 5.41) is 6.71. The summed E-state index contributed by atoms with van der Waals surface area (Å²) in [5.41, 5.74) is 1.21. The maximum absolute atomic E-state index is 4.66. The van der Waals surface area contributed by atoms with Crippen LogP contribution in [-0.4, -0.2) is 12.0 Å². The topological polar surface area (TPSA) is 24.9 Å². The van der Waals surface area contributed by atoms with Gasteiger partial charge in [-0.05, 0) is 18.9 Å². The van der Waals surface area contributed by atoms with Gasteiger partial charge in [0.1, 0.15) is 5.01 Å². The molecule has 0 bridgehead atoms. The number of hydrogen-bond acceptors (Lipinski definition) is 3. The second-order valence-electron chi connectivity index (χ2n) is 4.28. The molecule has 0 amide bonds. The molecule has 0 aliphatic heterocycles. The van der Waals surface area contributed by atoms with Crippen molar-refractivity contribution in [2.24, 2.45) is 5.92 Å². The zero-order chi connectivity index (χ0) is 10.7. The van der Waals surface area contributed by atoms with Crippen LogP contribution in [0.4, 0.5) is 0 Å². The predicted octanol–water partition coefficient (Wildman–Crippen LogP) is 3.18. The molecule has 80 valence electrons. The number of nitrogens with one attached hydrogen (secondary N) is 1. The normalized spacial score (nSPS) is 13.9. The first-order valence-electron chi connectivity index (χ1n) is 5.18. The van der Waals surface area contributed by atoms with Crippen molar-refractivity contribution in [2.75, 3.05) is 7.05 Å². The summed E-state index contributed by atoms with van der Waals surface area (Å²) in [5.74, 6) is 1.12. The average molecular weight is 212 g/mol. The van der Waals surface area contributed by atoms with Crippen molar-refractivity contribution in [3.63, 3.8) is 0 Å². The van der Waals surface area contributed by atoms with Crippen LogP contribution in [0.2, 0.25) is 0 Å². The fraction of sp³-hybridized carbons (Fsp3) is 0.727. The van der Waals surface area contributed by atoms with Gasteiger partial charge in [0.25, 0.3) is 0 Å². The highest BCUT2D eigenvalue weighted by Crippen LogP contribution is 2.26. The summed E-state index contributed by atoms with van der Waals surface area (Å²) in [6.07, 6.45) is 0. The van der Waals surface area contributed by atoms with Crippen molar-refractivity contribution in [1.29, 1.82) is 0 Å². The number of hydrogen-bond donors (Lipinski definition) is 1. The smallest absolute Gasteiger partial charge is 0.110 e. The molecular weight excluding hydrogens is 192 g/mol. The van der Waals surface area contributed by atoms with Gasteiger partial charge in [0.15, 0.2) is 0 Å². The molecule has 2 nitrogen and oxygen atoms in total. The van der Waals surface area contributed by atoms with Gasteiger partial charge in [-0.15, -0.1) is 11.3 Å². The Balaban J connectivity index is 2.84. The Morgan fingerprint density at radius 2 is 1.93 bits per heavy atom. The lowest BCUT2D eigenvalue weighted by molar-refractivity contribution is 0.440. The summed E-state index contributed by atoms with van der Waals surface area (Å²) >= 11 is 1.77. The molecule has 0 saturated heterocycles. The molecule has 1 rings (SSSR count). The van der Waals surface area contributed by atoms with E-state index in [1.54, 1.807) is 11.3 Å². The zero-order valence-corrected chi connectivity index (χ0v) is 10.5. The second kappa shape index (κ2) is 4.89. The fourth-order valence-corrected chi connectivity index (χ4v) is 2.71. The summed E-state index contributed by atoms with van der Waals surface area (Å²) in [7, 11) is 2.00. The molecule has 1 unspecified atom stereocenters. The Labute approximate surface area is 90.8 Å². The third-order valence-electron chi connectivity index (χ3n) is 2.37. The van der Waals surface area contributed by atoms with Crippen LogP contribution < -0.4 is 5.32 Å². The summed E-state index contributed by atoms with van der Waals surface area (Å²) in [6.45, 7) is 8.81. The predicted molar refractivity (Wildman–Crippen MR) is 62.8 cm³/mol. The van der Waals surface area contributed by atoms with E-state index in [2.05, 4.69) is 43.4 Å². The van der Waals surface area contributed by atoms with E-state index in [1.807, 2.05) is 7.05 Å². The lowest BCUT2D eigenvalue weighted by atomic mass is 10.1. The molecule has 1 heterocycles. The molecule has 1 N–H and O–H groups in total. The standard InChI is InChI=1S/C11H20N2S/c1-7(2)9-6-14-11(13-9)10(12-5)8(3)4/h6-8,10,12H,1-5H3. The van der Waals surface area contributed by atoms with E-state index in [9.17, 15) is 0 Å². The SMILES string of the molecule is CNC(c1nc(C(C)C)cs1)C(C)C. The van der Waals surface area contributed by atoms with Gasteiger partial charge in [0.2, 0.25) is 0 Å². The van der Waals surface area contributed by atoms with Crippen molar-refractivity contribution in [3.8, 4) is 0 Å². The highest BCUT2D eigenvalue weighted by molar-refractivity contribution is 7.09. The third kappa shape index (κ3) is 2.55. The van der Waals surface area contributed by atoms with Gasteiger partial charge >= 0.3 is 0 Å². The first-order valence-corrected chi connectivity index (χ1v) is 6.06. The first-order chi connectivity index (χ1) is 6.56. The number of thiazole rings is 1. The second-order valence-corrected chi connectivity index (χ2v) is 5.17. The van der Waals surface area contributed by atoms with Crippen molar-refractivity contribution in [3.05, 3.63) is 16.1 Å². The summed E-state index contributed by atoms with van der Waals surface area (Å²) in [6, 6.07) is 0.396. The maximum Gasteiger partial charge on any atom is 0.110 e. The quantitative estimate of drug-likeness (QED) is 0.829. The maximum atomic E-state index is 4.66. The Morgan fingerprint density at radius 3 is 2.29 bits per heavy atom. The Morgan fingerprint density at radius 1 is 1.29 bits per heavy atom. The highest BCUT2D eigenvalue weighted by Gasteiger charge is 2.17. The van der Waals surface area contributed by atoms with E-state index < -0.39 is 0 Å². The van der Waals surface area contributed by atoms with E-state index in [0.29, 0.717) is 17.9 Å². The molecule has 1 atom stereocenters. The molecule has 0 aliphatic carbocycles. The molecular formula is C11H20N2S. The van der Waals surface area contributed by atoms with Crippen LogP contribution in [-0.2, 0) is 0 Å². The van der Waals surface area contributed by atoms with Gasteiger partial charge in [0, 0.05) is 5.38 Å². The molecule has 0 aromatic carbocycles. The van der Waals surface area contributed by atoms with Gasteiger partial charge in [-0.2, -0.15) is 0 Å². The minimum Gasteiger partial charge on any atom is -0.311 e. The van der Waals surface area contributed by atoms with Crippen molar-refractivity contribution in [1.82, 2.24) is 10.3 Å². The first kappa shape index (κ1) is 11.7. The fourth-order valence-electron chi connectivity index (χ4n) is 1.45. The summed E-state index contributed by atoms with van der Waals surface area (Å²) < 4.78 is 0. The van der Waals surface area contributed by atoms with Crippen LogP contribution in [0.15, 0.2) is 5.38 Å². The molecule has 0 fully saturated rings. The number of aromatic nitrogens is 1. The van der Waals surface area contributed by atoms with E-state index in [1.165, 1.54) is 10.7 Å². The molecule has 3 heteroatoms. The van der Waals surface area contributed by atoms with Crippen molar-refractivity contribution >= 4 is 11.3 Å². The van der Waals surface area contributed by atoms with Gasteiger partial charge in [-0.25, -0.2) is 4.98 Å². The van der Waals surface area contributed by atoms with Gasteiger partial charge in [0.05, 0.1) is 11.7 Å².